The highest BCUT2D eigenvalue weighted by Crippen LogP contribution is 2.37. The quantitative estimate of drug-likeness (QED) is 0.310. The molecule has 4 rings (SSSR count). The minimum Gasteiger partial charge on any atom is -0.457 e. The van der Waals surface area contributed by atoms with E-state index in [1.165, 1.54) is 0 Å². The zero-order valence-corrected chi connectivity index (χ0v) is 16.5. The Morgan fingerprint density at radius 2 is 0.893 bits per heavy atom. The van der Waals surface area contributed by atoms with Gasteiger partial charge in [-0.05, 0) is 66.7 Å². The van der Waals surface area contributed by atoms with Gasteiger partial charge in [-0.2, -0.15) is 0 Å². The predicted molar refractivity (Wildman–Crippen MR) is 114 cm³/mol. The van der Waals surface area contributed by atoms with Gasteiger partial charge < -0.3 is 14.2 Å². The summed E-state index contributed by atoms with van der Waals surface area (Å²) in [5.41, 5.74) is 0. The largest absolute Gasteiger partial charge is 0.457 e. The average Bonchev–Trinajstić information content (AvgIpc) is 2.73. The topological polar surface area (TPSA) is 27.7 Å². The van der Waals surface area contributed by atoms with Crippen molar-refractivity contribution in [1.82, 2.24) is 0 Å². The summed E-state index contributed by atoms with van der Waals surface area (Å²) in [5, 5.41) is 0. The first-order valence-corrected chi connectivity index (χ1v) is 9.59. The molecular weight excluding hydrogens is 416 g/mol. The molecule has 0 aliphatic heterocycles. The molecule has 0 aliphatic rings. The molecule has 4 heteroatoms. The molecule has 0 spiro atoms. The summed E-state index contributed by atoms with van der Waals surface area (Å²) in [5.74, 6) is 4.24. The third-order valence-electron chi connectivity index (χ3n) is 3.91. The zero-order valence-electron chi connectivity index (χ0n) is 14.9. The van der Waals surface area contributed by atoms with E-state index in [2.05, 4.69) is 15.9 Å². The molecule has 28 heavy (non-hydrogen) atoms. The summed E-state index contributed by atoms with van der Waals surface area (Å²) in [4.78, 5) is 0. The molecule has 0 heterocycles. The Bertz CT molecular complexity index is 1030. The summed E-state index contributed by atoms with van der Waals surface area (Å²) in [6.45, 7) is 0. The summed E-state index contributed by atoms with van der Waals surface area (Å²) < 4.78 is 18.8. The van der Waals surface area contributed by atoms with Gasteiger partial charge in [0.25, 0.3) is 0 Å². The van der Waals surface area contributed by atoms with Gasteiger partial charge in [0, 0.05) is 4.47 Å². The molecule has 0 unspecified atom stereocenters. The lowest BCUT2D eigenvalue weighted by atomic mass is 10.3. The van der Waals surface area contributed by atoms with Crippen LogP contribution in [0.15, 0.2) is 108 Å². The number of ether oxygens (including phenoxy) is 3. The lowest BCUT2D eigenvalue weighted by molar-refractivity contribution is 0.417. The molecule has 0 fully saturated rings. The summed E-state index contributed by atoms with van der Waals surface area (Å²) in [6, 6.07) is 32.4. The van der Waals surface area contributed by atoms with Crippen molar-refractivity contribution in [2.75, 3.05) is 0 Å². The van der Waals surface area contributed by atoms with E-state index in [9.17, 15) is 0 Å². The first-order chi connectivity index (χ1) is 13.8. The van der Waals surface area contributed by atoms with Gasteiger partial charge in [0.2, 0.25) is 0 Å². The standard InChI is InChI=1S/C24H17BrO3/c25-18-11-16-23(27-20-9-5-2-6-10-20)24(17-18)28-22-14-12-21(13-15-22)26-19-7-3-1-4-8-19/h1-17H. The molecule has 0 atom stereocenters. The summed E-state index contributed by atoms with van der Waals surface area (Å²) in [7, 11) is 0. The van der Waals surface area contributed by atoms with Gasteiger partial charge in [-0.3, -0.25) is 0 Å². The van der Waals surface area contributed by atoms with Crippen LogP contribution < -0.4 is 14.2 Å². The van der Waals surface area contributed by atoms with Crippen molar-refractivity contribution in [2.45, 2.75) is 0 Å². The Balaban J connectivity index is 1.51. The van der Waals surface area contributed by atoms with E-state index >= 15 is 0 Å². The summed E-state index contributed by atoms with van der Waals surface area (Å²) >= 11 is 3.49. The molecule has 0 saturated heterocycles. The molecule has 0 aliphatic carbocycles. The molecule has 0 amide bonds. The molecule has 3 nitrogen and oxygen atoms in total. The number of rotatable bonds is 6. The second kappa shape index (κ2) is 8.63. The van der Waals surface area contributed by atoms with E-state index in [0.717, 1.165) is 21.7 Å². The Morgan fingerprint density at radius 3 is 1.50 bits per heavy atom. The van der Waals surface area contributed by atoms with Gasteiger partial charge in [0.1, 0.15) is 23.0 Å². The van der Waals surface area contributed by atoms with E-state index in [1.54, 1.807) is 0 Å². The Morgan fingerprint density at radius 1 is 0.429 bits per heavy atom. The van der Waals surface area contributed by atoms with Crippen molar-refractivity contribution < 1.29 is 14.2 Å². The first-order valence-electron chi connectivity index (χ1n) is 8.79. The number of hydrogen-bond acceptors (Lipinski definition) is 3. The molecule has 138 valence electrons. The minimum atomic E-state index is 0.620. The zero-order chi connectivity index (χ0) is 19.2. The molecule has 4 aromatic carbocycles. The maximum Gasteiger partial charge on any atom is 0.171 e. The Hall–Kier alpha value is -3.24. The first kappa shape index (κ1) is 18.1. The second-order valence-corrected chi connectivity index (χ2v) is 6.91. The lowest BCUT2D eigenvalue weighted by Crippen LogP contribution is -1.91. The average molecular weight is 433 g/mol. The van der Waals surface area contributed by atoms with Gasteiger partial charge in [-0.25, -0.2) is 0 Å². The summed E-state index contributed by atoms with van der Waals surface area (Å²) in [6.07, 6.45) is 0. The second-order valence-electron chi connectivity index (χ2n) is 5.99. The van der Waals surface area contributed by atoms with E-state index < -0.39 is 0 Å². The normalized spacial score (nSPS) is 10.3. The van der Waals surface area contributed by atoms with Crippen molar-refractivity contribution in [3.05, 3.63) is 108 Å². The van der Waals surface area contributed by atoms with E-state index in [1.807, 2.05) is 103 Å². The molecule has 0 saturated carbocycles. The molecule has 0 N–H and O–H groups in total. The van der Waals surface area contributed by atoms with Crippen LogP contribution in [0.5, 0.6) is 34.5 Å². The van der Waals surface area contributed by atoms with Crippen LogP contribution in [0, 0.1) is 0 Å². The van der Waals surface area contributed by atoms with Crippen molar-refractivity contribution in [2.24, 2.45) is 0 Å². The maximum atomic E-state index is 6.06. The van der Waals surface area contributed by atoms with Crippen LogP contribution in [-0.2, 0) is 0 Å². The van der Waals surface area contributed by atoms with Gasteiger partial charge in [-0.15, -0.1) is 0 Å². The maximum absolute atomic E-state index is 6.06. The lowest BCUT2D eigenvalue weighted by Gasteiger charge is -2.13. The van der Waals surface area contributed by atoms with E-state index in [0.29, 0.717) is 17.2 Å². The fraction of sp³-hybridized carbons (Fsp3) is 0. The number of halogens is 1. The van der Waals surface area contributed by atoms with Crippen LogP contribution in [-0.4, -0.2) is 0 Å². The minimum absolute atomic E-state index is 0.620. The smallest absolute Gasteiger partial charge is 0.171 e. The SMILES string of the molecule is Brc1ccc(Oc2ccccc2)c(Oc2ccc(Oc3ccccc3)cc2)c1. The highest BCUT2D eigenvalue weighted by molar-refractivity contribution is 9.10. The fourth-order valence-electron chi connectivity index (χ4n) is 2.59. The third-order valence-corrected chi connectivity index (χ3v) is 4.40. The van der Waals surface area contributed by atoms with Crippen molar-refractivity contribution in [1.29, 1.82) is 0 Å². The highest BCUT2D eigenvalue weighted by atomic mass is 79.9. The van der Waals surface area contributed by atoms with Crippen LogP contribution in [0.2, 0.25) is 0 Å². The monoisotopic (exact) mass is 432 g/mol. The number of para-hydroxylation sites is 2. The van der Waals surface area contributed by atoms with Crippen LogP contribution in [0.4, 0.5) is 0 Å². The van der Waals surface area contributed by atoms with Gasteiger partial charge in [0.05, 0.1) is 0 Å². The molecule has 0 radical (unpaired) electrons. The van der Waals surface area contributed by atoms with E-state index in [4.69, 9.17) is 14.2 Å². The highest BCUT2D eigenvalue weighted by Gasteiger charge is 2.09. The third kappa shape index (κ3) is 4.72. The number of hydrogen-bond donors (Lipinski definition) is 0. The molecule has 0 aromatic heterocycles. The van der Waals surface area contributed by atoms with Crippen LogP contribution in [0.3, 0.4) is 0 Å². The van der Waals surface area contributed by atoms with Crippen molar-refractivity contribution in [3.8, 4) is 34.5 Å². The molecule has 0 bridgehead atoms. The van der Waals surface area contributed by atoms with Gasteiger partial charge in [-0.1, -0.05) is 52.3 Å². The van der Waals surface area contributed by atoms with Crippen LogP contribution in [0.1, 0.15) is 0 Å². The molecule has 4 aromatic rings. The van der Waals surface area contributed by atoms with Crippen molar-refractivity contribution >= 4 is 15.9 Å². The fourth-order valence-corrected chi connectivity index (χ4v) is 2.93. The van der Waals surface area contributed by atoms with Crippen LogP contribution in [0.25, 0.3) is 0 Å². The van der Waals surface area contributed by atoms with Gasteiger partial charge in [0.15, 0.2) is 11.5 Å². The Kier molecular flexibility index (Phi) is 5.59. The van der Waals surface area contributed by atoms with E-state index in [-0.39, 0.29) is 0 Å². The van der Waals surface area contributed by atoms with Crippen molar-refractivity contribution in [3.63, 3.8) is 0 Å². The number of benzene rings is 4. The predicted octanol–water partition coefficient (Wildman–Crippen LogP) is 7.83. The van der Waals surface area contributed by atoms with Gasteiger partial charge >= 0.3 is 0 Å². The molecular formula is C24H17BrO3. The van der Waals surface area contributed by atoms with Crippen LogP contribution >= 0.6 is 15.9 Å². The Labute approximate surface area is 172 Å².